The van der Waals surface area contributed by atoms with Crippen LogP contribution in [0.1, 0.15) is 23.7 Å². The van der Waals surface area contributed by atoms with Crippen molar-refractivity contribution in [1.29, 1.82) is 0 Å². The van der Waals surface area contributed by atoms with Crippen molar-refractivity contribution in [3.8, 4) is 0 Å². The molecular formula is C15H17N3O4S2. The number of aryl methyl sites for hydroxylation is 1. The van der Waals surface area contributed by atoms with E-state index >= 15 is 0 Å². The molecule has 1 N–H and O–H groups in total. The summed E-state index contributed by atoms with van der Waals surface area (Å²) in [6.45, 7) is 1.36. The zero-order chi connectivity index (χ0) is 17.7. The second-order valence-corrected chi connectivity index (χ2v) is 7.67. The van der Waals surface area contributed by atoms with Crippen molar-refractivity contribution in [1.82, 2.24) is 9.29 Å². The first-order valence-corrected chi connectivity index (χ1v) is 9.44. The predicted octanol–water partition coefficient (Wildman–Crippen LogP) is 1.09. The van der Waals surface area contributed by atoms with Crippen LogP contribution >= 0.6 is 11.3 Å². The van der Waals surface area contributed by atoms with Gasteiger partial charge in [-0.1, -0.05) is 12.1 Å². The van der Waals surface area contributed by atoms with Gasteiger partial charge in [0, 0.05) is 37.2 Å². The van der Waals surface area contributed by atoms with Crippen molar-refractivity contribution in [3.05, 3.63) is 46.2 Å². The number of benzene rings is 1. The van der Waals surface area contributed by atoms with Crippen LogP contribution in [0.3, 0.4) is 0 Å². The molecule has 128 valence electrons. The Bertz CT molecular complexity index is 909. The summed E-state index contributed by atoms with van der Waals surface area (Å²) in [6.07, 6.45) is 1.74. The first kappa shape index (κ1) is 18.2. The second kappa shape index (κ2) is 7.65. The average molecular weight is 367 g/mol. The Morgan fingerprint density at radius 1 is 1.25 bits per heavy atom. The lowest BCUT2D eigenvalue weighted by Gasteiger charge is -2.06. The van der Waals surface area contributed by atoms with Gasteiger partial charge in [0.05, 0.1) is 4.90 Å². The van der Waals surface area contributed by atoms with E-state index in [9.17, 15) is 18.0 Å². The molecule has 0 aliphatic carbocycles. The van der Waals surface area contributed by atoms with Gasteiger partial charge in [-0.2, -0.15) is 4.99 Å². The number of rotatable bonds is 6. The Labute approximate surface area is 143 Å². The van der Waals surface area contributed by atoms with Crippen LogP contribution in [0.25, 0.3) is 0 Å². The van der Waals surface area contributed by atoms with E-state index in [4.69, 9.17) is 0 Å². The first-order chi connectivity index (χ1) is 11.3. The molecule has 2 rings (SSSR count). The van der Waals surface area contributed by atoms with E-state index in [1.165, 1.54) is 42.5 Å². The molecule has 1 aromatic carbocycles. The molecule has 0 aliphatic rings. The Hall–Kier alpha value is -2.10. The molecule has 0 fully saturated rings. The number of carbonyl (C=O) groups excluding carboxylic acids is 2. The van der Waals surface area contributed by atoms with Crippen LogP contribution in [0.2, 0.25) is 0 Å². The number of hydrogen-bond donors (Lipinski definition) is 1. The third-order valence-electron chi connectivity index (χ3n) is 3.18. The van der Waals surface area contributed by atoms with Crippen molar-refractivity contribution >= 4 is 33.1 Å². The van der Waals surface area contributed by atoms with Crippen LogP contribution in [-0.4, -0.2) is 31.2 Å². The Morgan fingerprint density at radius 2 is 1.92 bits per heavy atom. The highest BCUT2D eigenvalue weighted by atomic mass is 32.2. The summed E-state index contributed by atoms with van der Waals surface area (Å²) in [5.41, 5.74) is 0.437. The highest BCUT2D eigenvalue weighted by molar-refractivity contribution is 7.89. The van der Waals surface area contributed by atoms with E-state index in [-0.39, 0.29) is 23.6 Å². The molecule has 1 aromatic heterocycles. The highest BCUT2D eigenvalue weighted by Gasteiger charge is 2.14. The lowest BCUT2D eigenvalue weighted by atomic mass is 10.2. The van der Waals surface area contributed by atoms with Gasteiger partial charge in [0.2, 0.25) is 15.9 Å². The quantitative estimate of drug-likeness (QED) is 0.773. The molecule has 0 atom stereocenters. The number of sulfonamides is 1. The van der Waals surface area contributed by atoms with Gasteiger partial charge in [-0.3, -0.25) is 9.59 Å². The van der Waals surface area contributed by atoms with Gasteiger partial charge in [-0.25, -0.2) is 13.1 Å². The maximum absolute atomic E-state index is 12.1. The fourth-order valence-corrected chi connectivity index (χ4v) is 3.62. The molecular weight excluding hydrogens is 350 g/mol. The monoisotopic (exact) mass is 367 g/mol. The minimum absolute atomic E-state index is 0.0390. The maximum Gasteiger partial charge on any atom is 0.249 e. The smallest absolute Gasteiger partial charge is 0.249 e. The number of Topliss-reactive ketones (excluding diaryl/α,β-unsaturated/α-hetero) is 1. The Kier molecular flexibility index (Phi) is 5.81. The zero-order valence-corrected chi connectivity index (χ0v) is 14.9. The number of hydrogen-bond acceptors (Lipinski definition) is 5. The van der Waals surface area contributed by atoms with Crippen LogP contribution < -0.4 is 9.52 Å². The molecule has 2 aromatic rings. The van der Waals surface area contributed by atoms with E-state index in [0.717, 1.165) is 0 Å². The number of nitrogens with one attached hydrogen (secondary N) is 1. The number of ketones is 1. The van der Waals surface area contributed by atoms with Crippen molar-refractivity contribution in [2.24, 2.45) is 12.0 Å². The Balaban J connectivity index is 1.97. The number of aromatic nitrogens is 1. The fourth-order valence-electron chi connectivity index (χ4n) is 1.84. The van der Waals surface area contributed by atoms with Gasteiger partial charge in [0.15, 0.2) is 10.6 Å². The van der Waals surface area contributed by atoms with Gasteiger partial charge in [0.25, 0.3) is 0 Å². The summed E-state index contributed by atoms with van der Waals surface area (Å²) in [7, 11) is -1.95. The number of amides is 1. The molecule has 0 unspecified atom stereocenters. The largest absolute Gasteiger partial charge is 0.327 e. The van der Waals surface area contributed by atoms with E-state index in [1.807, 2.05) is 0 Å². The summed E-state index contributed by atoms with van der Waals surface area (Å²) in [5, 5.41) is 1.81. The molecule has 0 radical (unpaired) electrons. The lowest BCUT2D eigenvalue weighted by Crippen LogP contribution is -2.26. The summed E-state index contributed by atoms with van der Waals surface area (Å²) < 4.78 is 28.3. The Morgan fingerprint density at radius 3 is 2.46 bits per heavy atom. The molecule has 1 heterocycles. The van der Waals surface area contributed by atoms with Crippen molar-refractivity contribution in [3.63, 3.8) is 0 Å². The summed E-state index contributed by atoms with van der Waals surface area (Å²) in [6, 6.07) is 5.62. The second-order valence-electron chi connectivity index (χ2n) is 5.03. The molecule has 24 heavy (non-hydrogen) atoms. The average Bonchev–Trinajstić information content (AvgIpc) is 2.92. The fraction of sp³-hybridized carbons (Fsp3) is 0.267. The minimum atomic E-state index is -3.73. The van der Waals surface area contributed by atoms with Crippen molar-refractivity contribution in [2.75, 3.05) is 6.54 Å². The van der Waals surface area contributed by atoms with Crippen molar-refractivity contribution < 1.29 is 18.0 Å². The van der Waals surface area contributed by atoms with Crippen molar-refractivity contribution in [2.45, 2.75) is 18.2 Å². The van der Waals surface area contributed by atoms with Gasteiger partial charge in [-0.05, 0) is 19.1 Å². The number of thiazole rings is 1. The number of carbonyl (C=O) groups is 2. The molecule has 0 saturated heterocycles. The molecule has 0 aliphatic heterocycles. The van der Waals surface area contributed by atoms with Crippen LogP contribution in [-0.2, 0) is 21.9 Å². The molecule has 7 nitrogen and oxygen atoms in total. The maximum atomic E-state index is 12.1. The lowest BCUT2D eigenvalue weighted by molar-refractivity contribution is -0.117. The predicted molar refractivity (Wildman–Crippen MR) is 90.1 cm³/mol. The van der Waals surface area contributed by atoms with E-state index in [1.54, 1.807) is 23.2 Å². The molecule has 0 saturated carbocycles. The standard InChI is InChI=1S/C15H17N3O4S2/c1-11(19)12-3-5-13(6-4-12)24(21,22)16-8-7-14(20)17-15-18(2)9-10-23-15/h3-6,9-10,16H,7-8H2,1-2H3. The zero-order valence-electron chi connectivity index (χ0n) is 13.2. The topological polar surface area (TPSA) is 97.6 Å². The number of nitrogens with zero attached hydrogens (tertiary/aromatic N) is 2. The molecule has 9 heteroatoms. The van der Waals surface area contributed by atoms with E-state index < -0.39 is 15.9 Å². The highest BCUT2D eigenvalue weighted by Crippen LogP contribution is 2.10. The van der Waals surface area contributed by atoms with E-state index in [2.05, 4.69) is 9.71 Å². The summed E-state index contributed by atoms with van der Waals surface area (Å²) in [4.78, 5) is 27.5. The normalized spacial score (nSPS) is 12.3. The molecule has 1 amide bonds. The van der Waals surface area contributed by atoms with E-state index in [0.29, 0.717) is 10.4 Å². The van der Waals surface area contributed by atoms with Crippen LogP contribution in [0.4, 0.5) is 0 Å². The van der Waals surface area contributed by atoms with Gasteiger partial charge < -0.3 is 4.57 Å². The first-order valence-electron chi connectivity index (χ1n) is 7.08. The summed E-state index contributed by atoms with van der Waals surface area (Å²) in [5.74, 6) is -0.538. The molecule has 0 bridgehead atoms. The van der Waals surface area contributed by atoms with Crippen LogP contribution in [0.5, 0.6) is 0 Å². The minimum Gasteiger partial charge on any atom is -0.327 e. The van der Waals surface area contributed by atoms with Crippen LogP contribution in [0.15, 0.2) is 45.7 Å². The third-order valence-corrected chi connectivity index (χ3v) is 5.51. The SMILES string of the molecule is CC(=O)c1ccc(S(=O)(=O)NCCC(=O)N=c2sccn2C)cc1. The third kappa shape index (κ3) is 4.70. The summed E-state index contributed by atoms with van der Waals surface area (Å²) >= 11 is 1.33. The molecule has 0 spiro atoms. The van der Waals surface area contributed by atoms with Gasteiger partial charge >= 0.3 is 0 Å². The van der Waals surface area contributed by atoms with Crippen LogP contribution in [0, 0.1) is 0 Å². The van der Waals surface area contributed by atoms with Gasteiger partial charge in [-0.15, -0.1) is 11.3 Å². The van der Waals surface area contributed by atoms with Gasteiger partial charge in [0.1, 0.15) is 0 Å².